The van der Waals surface area contributed by atoms with Gasteiger partial charge in [-0.3, -0.25) is 4.79 Å². The van der Waals surface area contributed by atoms with Crippen molar-refractivity contribution in [2.75, 3.05) is 25.1 Å². The Morgan fingerprint density at radius 2 is 1.43 bits per heavy atom. The van der Waals surface area contributed by atoms with Gasteiger partial charge in [0.2, 0.25) is 0 Å². The minimum absolute atomic E-state index is 0.0577. The van der Waals surface area contributed by atoms with E-state index in [2.05, 4.69) is 16.7 Å². The van der Waals surface area contributed by atoms with E-state index >= 15 is 0 Å². The zero-order valence-corrected chi connectivity index (χ0v) is 24.0. The number of para-hydroxylation sites is 1. The average molecular weight is 565 g/mol. The summed E-state index contributed by atoms with van der Waals surface area (Å²) in [6.45, 7) is 4.87. The van der Waals surface area contributed by atoms with Gasteiger partial charge in [0.25, 0.3) is 0 Å². The van der Waals surface area contributed by atoms with Gasteiger partial charge in [0.1, 0.15) is 6.04 Å². The molecule has 0 saturated heterocycles. The Hall–Kier alpha value is -4.75. The Bertz CT molecular complexity index is 1490. The van der Waals surface area contributed by atoms with Crippen molar-refractivity contribution in [3.63, 3.8) is 0 Å². The van der Waals surface area contributed by atoms with Crippen LogP contribution in [-0.2, 0) is 27.2 Å². The summed E-state index contributed by atoms with van der Waals surface area (Å²) in [6.07, 6.45) is 0.371. The SMILES string of the molecule is CCOC(=O)c1ccccc1N[C@@H](Cc1ccc(-c2cccc(CNCC(=O)c3ccccc3)c2)cc1)C(=O)OCC. The van der Waals surface area contributed by atoms with Gasteiger partial charge in [-0.1, -0.05) is 84.9 Å². The first kappa shape index (κ1) is 30.2. The van der Waals surface area contributed by atoms with Crippen LogP contribution < -0.4 is 10.6 Å². The molecule has 0 spiro atoms. The highest BCUT2D eigenvalue weighted by Crippen LogP contribution is 2.23. The van der Waals surface area contributed by atoms with Crippen LogP contribution in [0.2, 0.25) is 0 Å². The van der Waals surface area contributed by atoms with Crippen LogP contribution in [0, 0.1) is 0 Å². The maximum atomic E-state index is 12.9. The van der Waals surface area contributed by atoms with E-state index in [0.29, 0.717) is 29.8 Å². The van der Waals surface area contributed by atoms with E-state index in [0.717, 1.165) is 22.3 Å². The molecular formula is C35H36N2O5. The van der Waals surface area contributed by atoms with Crippen LogP contribution in [0.3, 0.4) is 0 Å². The number of ketones is 1. The second-order valence-electron chi connectivity index (χ2n) is 9.71. The largest absolute Gasteiger partial charge is 0.464 e. The van der Waals surface area contributed by atoms with Crippen molar-refractivity contribution < 1.29 is 23.9 Å². The number of esters is 2. The van der Waals surface area contributed by atoms with Gasteiger partial charge in [-0.2, -0.15) is 0 Å². The molecule has 42 heavy (non-hydrogen) atoms. The van der Waals surface area contributed by atoms with Crippen LogP contribution in [0.5, 0.6) is 0 Å². The van der Waals surface area contributed by atoms with Crippen molar-refractivity contribution in [3.05, 3.63) is 125 Å². The lowest BCUT2D eigenvalue weighted by Gasteiger charge is -2.20. The highest BCUT2D eigenvalue weighted by molar-refractivity contribution is 5.97. The van der Waals surface area contributed by atoms with Gasteiger partial charge in [0.15, 0.2) is 5.78 Å². The molecule has 216 valence electrons. The van der Waals surface area contributed by atoms with Crippen LogP contribution >= 0.6 is 0 Å². The lowest BCUT2D eigenvalue weighted by atomic mass is 9.99. The number of benzene rings is 4. The van der Waals surface area contributed by atoms with Gasteiger partial charge in [0, 0.05) is 24.2 Å². The number of Topliss-reactive ketones (excluding diaryl/α,β-unsaturated/α-hetero) is 1. The molecule has 0 bridgehead atoms. The molecular weight excluding hydrogens is 528 g/mol. The second kappa shape index (κ2) is 15.3. The Balaban J connectivity index is 1.42. The molecule has 0 aliphatic heterocycles. The molecule has 0 aliphatic rings. The molecule has 0 radical (unpaired) electrons. The molecule has 0 amide bonds. The van der Waals surface area contributed by atoms with Crippen LogP contribution in [0.1, 0.15) is 45.7 Å². The van der Waals surface area contributed by atoms with Crippen molar-refractivity contribution in [1.82, 2.24) is 5.32 Å². The molecule has 0 aromatic heterocycles. The minimum Gasteiger partial charge on any atom is -0.464 e. The summed E-state index contributed by atoms with van der Waals surface area (Å²) in [4.78, 5) is 37.7. The Kier molecular flexibility index (Phi) is 11.0. The lowest BCUT2D eigenvalue weighted by molar-refractivity contribution is -0.144. The molecule has 0 heterocycles. The average Bonchev–Trinajstić information content (AvgIpc) is 3.02. The Morgan fingerprint density at radius 1 is 0.714 bits per heavy atom. The van der Waals surface area contributed by atoms with Crippen molar-refractivity contribution >= 4 is 23.4 Å². The summed E-state index contributed by atoms with van der Waals surface area (Å²) >= 11 is 0. The van der Waals surface area contributed by atoms with Gasteiger partial charge < -0.3 is 20.1 Å². The van der Waals surface area contributed by atoms with Crippen LogP contribution in [0.25, 0.3) is 11.1 Å². The molecule has 7 heteroatoms. The van der Waals surface area contributed by atoms with E-state index in [1.54, 1.807) is 38.1 Å². The summed E-state index contributed by atoms with van der Waals surface area (Å²) in [6, 6.07) is 31.7. The number of carbonyl (C=O) groups is 3. The Labute approximate surface area is 246 Å². The van der Waals surface area contributed by atoms with Crippen molar-refractivity contribution in [1.29, 1.82) is 0 Å². The summed E-state index contributed by atoms with van der Waals surface area (Å²) in [5.41, 5.74) is 5.68. The molecule has 4 rings (SSSR count). The predicted molar refractivity (Wildman–Crippen MR) is 165 cm³/mol. The fourth-order valence-corrected chi connectivity index (χ4v) is 4.60. The quantitative estimate of drug-likeness (QED) is 0.141. The van der Waals surface area contributed by atoms with Crippen molar-refractivity contribution in [2.24, 2.45) is 0 Å². The first-order valence-electron chi connectivity index (χ1n) is 14.1. The second-order valence-corrected chi connectivity index (χ2v) is 9.71. The third kappa shape index (κ3) is 8.38. The van der Waals surface area contributed by atoms with Crippen LogP contribution in [0.4, 0.5) is 5.69 Å². The van der Waals surface area contributed by atoms with Crippen molar-refractivity contribution in [3.8, 4) is 11.1 Å². The molecule has 4 aromatic rings. The van der Waals surface area contributed by atoms with Crippen molar-refractivity contribution in [2.45, 2.75) is 32.9 Å². The van der Waals surface area contributed by atoms with Gasteiger partial charge in [-0.15, -0.1) is 0 Å². The number of carbonyl (C=O) groups excluding carboxylic acids is 3. The van der Waals surface area contributed by atoms with Gasteiger partial charge >= 0.3 is 11.9 Å². The van der Waals surface area contributed by atoms with Crippen LogP contribution in [-0.4, -0.2) is 43.5 Å². The van der Waals surface area contributed by atoms with Crippen LogP contribution in [0.15, 0.2) is 103 Å². The molecule has 0 unspecified atom stereocenters. The Morgan fingerprint density at radius 3 is 2.17 bits per heavy atom. The highest BCUT2D eigenvalue weighted by atomic mass is 16.5. The third-order valence-corrected chi connectivity index (χ3v) is 6.69. The molecule has 0 aliphatic carbocycles. The number of hydrogen-bond donors (Lipinski definition) is 2. The zero-order chi connectivity index (χ0) is 29.7. The highest BCUT2D eigenvalue weighted by Gasteiger charge is 2.23. The first-order valence-corrected chi connectivity index (χ1v) is 14.1. The summed E-state index contributed by atoms with van der Waals surface area (Å²) < 4.78 is 10.5. The maximum Gasteiger partial charge on any atom is 0.340 e. The summed E-state index contributed by atoms with van der Waals surface area (Å²) in [7, 11) is 0. The topological polar surface area (TPSA) is 93.7 Å². The third-order valence-electron chi connectivity index (χ3n) is 6.69. The molecule has 2 N–H and O–H groups in total. The fraction of sp³-hybridized carbons (Fsp3) is 0.229. The first-order chi connectivity index (χ1) is 20.5. The number of nitrogens with one attached hydrogen (secondary N) is 2. The van der Waals surface area contributed by atoms with E-state index in [-0.39, 0.29) is 25.5 Å². The number of ether oxygens (including phenoxy) is 2. The predicted octanol–water partition coefficient (Wildman–Crippen LogP) is 6.09. The molecule has 0 fully saturated rings. The van der Waals surface area contributed by atoms with Gasteiger partial charge in [0.05, 0.1) is 25.3 Å². The molecule has 7 nitrogen and oxygen atoms in total. The number of rotatable bonds is 14. The van der Waals surface area contributed by atoms with E-state index < -0.39 is 18.0 Å². The molecule has 1 atom stereocenters. The zero-order valence-electron chi connectivity index (χ0n) is 24.0. The van der Waals surface area contributed by atoms with E-state index in [4.69, 9.17) is 9.47 Å². The smallest absolute Gasteiger partial charge is 0.340 e. The molecule has 0 saturated carbocycles. The van der Waals surface area contributed by atoms with Gasteiger partial charge in [-0.05, 0) is 54.3 Å². The maximum absolute atomic E-state index is 12.9. The molecule has 4 aromatic carbocycles. The normalized spacial score (nSPS) is 11.4. The standard InChI is InChI=1S/C35H36N2O5/c1-3-41-34(39)30-15-8-9-16-31(30)37-32(35(40)42-4-2)22-25-17-19-27(20-18-25)29-14-10-11-26(21-29)23-36-24-33(38)28-12-6-5-7-13-28/h5-21,32,36-37H,3-4,22-24H2,1-2H3/t32-/m0/s1. The lowest BCUT2D eigenvalue weighted by Crippen LogP contribution is -2.34. The van der Waals surface area contributed by atoms with Gasteiger partial charge in [-0.25, -0.2) is 9.59 Å². The van der Waals surface area contributed by atoms with E-state index in [1.165, 1.54) is 0 Å². The summed E-state index contributed by atoms with van der Waals surface area (Å²) in [5, 5.41) is 6.44. The van der Waals surface area contributed by atoms with E-state index in [1.807, 2.05) is 72.8 Å². The number of anilines is 1. The van der Waals surface area contributed by atoms with E-state index in [9.17, 15) is 14.4 Å². The fourth-order valence-electron chi connectivity index (χ4n) is 4.60. The minimum atomic E-state index is -0.695. The monoisotopic (exact) mass is 564 g/mol. The number of hydrogen-bond acceptors (Lipinski definition) is 7. The summed E-state index contributed by atoms with van der Waals surface area (Å²) in [5.74, 6) is -0.790.